The number of carbonyl (C=O) groups is 3. The summed E-state index contributed by atoms with van der Waals surface area (Å²) < 4.78 is 10.6. The van der Waals surface area contributed by atoms with E-state index in [9.17, 15) is 14.4 Å². The quantitative estimate of drug-likeness (QED) is 0.473. The summed E-state index contributed by atoms with van der Waals surface area (Å²) in [4.78, 5) is 34.8. The number of amides is 1. The Morgan fingerprint density at radius 2 is 1.85 bits per heavy atom. The average molecular weight is 378 g/mol. The van der Waals surface area contributed by atoms with Crippen molar-refractivity contribution in [3.8, 4) is 0 Å². The molecule has 0 unspecified atom stereocenters. The Labute approximate surface area is 160 Å². The van der Waals surface area contributed by atoms with Gasteiger partial charge in [-0.15, -0.1) is 0 Å². The zero-order valence-electron chi connectivity index (χ0n) is 16.5. The molecule has 150 valence electrons. The van der Waals surface area contributed by atoms with Crippen LogP contribution in [-0.2, 0) is 25.5 Å². The van der Waals surface area contributed by atoms with Crippen molar-refractivity contribution in [2.75, 3.05) is 13.2 Å². The van der Waals surface area contributed by atoms with Crippen LogP contribution < -0.4 is 11.1 Å². The second-order valence-electron chi connectivity index (χ2n) is 7.23. The number of hydrogen-bond donors (Lipinski definition) is 2. The minimum Gasteiger partial charge on any atom is -0.459 e. The summed E-state index contributed by atoms with van der Waals surface area (Å²) in [6.07, 6.45) is 0.996. The molecule has 0 fully saturated rings. The number of carbonyl (C=O) groups excluding carboxylic acids is 3. The van der Waals surface area contributed by atoms with Crippen molar-refractivity contribution in [3.05, 3.63) is 35.4 Å². The molecule has 2 atom stereocenters. The second kappa shape index (κ2) is 10.8. The molecule has 0 aliphatic rings. The van der Waals surface area contributed by atoms with E-state index in [0.717, 1.165) is 11.8 Å². The van der Waals surface area contributed by atoms with E-state index in [1.807, 2.05) is 6.92 Å². The van der Waals surface area contributed by atoms with Gasteiger partial charge in [-0.1, -0.05) is 12.1 Å². The topological polar surface area (TPSA) is 108 Å². The van der Waals surface area contributed by atoms with Gasteiger partial charge < -0.3 is 25.3 Å². The zero-order valence-corrected chi connectivity index (χ0v) is 16.5. The molecule has 0 aliphatic carbocycles. The van der Waals surface area contributed by atoms with Crippen molar-refractivity contribution < 1.29 is 23.9 Å². The van der Waals surface area contributed by atoms with Gasteiger partial charge in [-0.3, -0.25) is 9.59 Å². The molecule has 7 heteroatoms. The Morgan fingerprint density at radius 1 is 1.22 bits per heavy atom. The Bertz CT molecular complexity index is 622. The summed E-state index contributed by atoms with van der Waals surface area (Å²) in [5.74, 6) is -0.713. The molecule has 3 N–H and O–H groups in total. The van der Waals surface area contributed by atoms with Crippen LogP contribution in [0.2, 0.25) is 0 Å². The zero-order chi connectivity index (χ0) is 20.4. The Morgan fingerprint density at radius 3 is 2.37 bits per heavy atom. The molecular formula is C20H30N2O5. The van der Waals surface area contributed by atoms with Gasteiger partial charge in [0.25, 0.3) is 5.91 Å². The van der Waals surface area contributed by atoms with Crippen LogP contribution in [0.1, 0.15) is 50.0 Å². The van der Waals surface area contributed by atoms with E-state index in [2.05, 4.69) is 5.32 Å². The van der Waals surface area contributed by atoms with E-state index in [1.54, 1.807) is 45.0 Å². The predicted octanol–water partition coefficient (Wildman–Crippen LogP) is 1.62. The maximum atomic E-state index is 12.2. The maximum Gasteiger partial charge on any atom is 0.323 e. The van der Waals surface area contributed by atoms with Crippen LogP contribution in [0.3, 0.4) is 0 Å². The molecule has 0 spiro atoms. The summed E-state index contributed by atoms with van der Waals surface area (Å²) in [7, 11) is 0. The highest BCUT2D eigenvalue weighted by atomic mass is 16.6. The highest BCUT2D eigenvalue weighted by Gasteiger charge is 2.22. The number of nitrogens with one attached hydrogen (secondary N) is 1. The van der Waals surface area contributed by atoms with Gasteiger partial charge in [0.1, 0.15) is 17.9 Å². The third-order valence-corrected chi connectivity index (χ3v) is 3.63. The molecule has 1 rings (SSSR count). The van der Waals surface area contributed by atoms with Crippen LogP contribution in [0.25, 0.3) is 0 Å². The molecule has 1 amide bonds. The summed E-state index contributed by atoms with van der Waals surface area (Å²) in [5, 5.41) is 2.75. The number of ether oxygens (including phenoxy) is 2. The highest BCUT2D eigenvalue weighted by molar-refractivity contribution is 5.94. The van der Waals surface area contributed by atoms with Crippen LogP contribution in [-0.4, -0.2) is 49.1 Å². The first-order chi connectivity index (χ1) is 12.7. The molecular weight excluding hydrogens is 348 g/mol. The van der Waals surface area contributed by atoms with Crippen LogP contribution in [0.5, 0.6) is 0 Å². The fourth-order valence-corrected chi connectivity index (χ4v) is 2.37. The first-order valence-electron chi connectivity index (χ1n) is 9.07. The molecule has 0 saturated carbocycles. The Kier molecular flexibility index (Phi) is 9.11. The van der Waals surface area contributed by atoms with E-state index in [4.69, 9.17) is 15.2 Å². The van der Waals surface area contributed by atoms with E-state index in [0.29, 0.717) is 18.6 Å². The second-order valence-corrected chi connectivity index (χ2v) is 7.23. The number of hydrogen-bond acceptors (Lipinski definition) is 6. The van der Waals surface area contributed by atoms with Gasteiger partial charge in [0.2, 0.25) is 0 Å². The number of nitrogens with two attached hydrogens (primary N) is 1. The summed E-state index contributed by atoms with van der Waals surface area (Å²) in [5.41, 5.74) is 6.62. The van der Waals surface area contributed by atoms with Gasteiger partial charge in [0.15, 0.2) is 0 Å². The molecule has 27 heavy (non-hydrogen) atoms. The molecule has 0 aliphatic heterocycles. The number of aldehydes is 1. The van der Waals surface area contributed by atoms with Crippen LogP contribution >= 0.6 is 0 Å². The molecule has 1 aromatic carbocycles. The standard InChI is InChI=1S/C20H30N2O5/c1-5-26-16(10-11-23)13-22-18(24)15-8-6-14(7-9-15)12-17(21)19(25)27-20(2,3)4/h6-9,11,16-17H,5,10,12-13,21H2,1-4H3,(H,22,24)/t16-,17-/m0/s1. The lowest BCUT2D eigenvalue weighted by Crippen LogP contribution is -2.38. The SMILES string of the molecule is CCO[C@@H](CC=O)CNC(=O)c1ccc(C[C@H](N)C(=O)OC(C)(C)C)cc1. The van der Waals surface area contributed by atoms with Crippen molar-refractivity contribution in [2.45, 2.75) is 58.3 Å². The summed E-state index contributed by atoms with van der Waals surface area (Å²) in [6, 6.07) is 6.08. The van der Waals surface area contributed by atoms with Crippen molar-refractivity contribution in [1.82, 2.24) is 5.32 Å². The third kappa shape index (κ3) is 8.79. The minimum atomic E-state index is -0.765. The van der Waals surface area contributed by atoms with Crippen molar-refractivity contribution in [2.24, 2.45) is 5.73 Å². The summed E-state index contributed by atoms with van der Waals surface area (Å²) in [6.45, 7) is 7.93. The first-order valence-corrected chi connectivity index (χ1v) is 9.07. The van der Waals surface area contributed by atoms with Gasteiger partial charge in [-0.05, 0) is 51.8 Å². The highest BCUT2D eigenvalue weighted by Crippen LogP contribution is 2.11. The first kappa shape index (κ1) is 22.8. The van der Waals surface area contributed by atoms with Crippen LogP contribution in [0, 0.1) is 0 Å². The smallest absolute Gasteiger partial charge is 0.323 e. The molecule has 0 aromatic heterocycles. The lowest BCUT2D eigenvalue weighted by molar-refractivity contribution is -0.156. The molecule has 0 bridgehead atoms. The van der Waals surface area contributed by atoms with Gasteiger partial charge in [0, 0.05) is 25.1 Å². The number of benzene rings is 1. The Hall–Kier alpha value is -2.25. The third-order valence-electron chi connectivity index (χ3n) is 3.63. The molecule has 7 nitrogen and oxygen atoms in total. The lowest BCUT2D eigenvalue weighted by Gasteiger charge is -2.22. The lowest BCUT2D eigenvalue weighted by atomic mass is 10.0. The van der Waals surface area contributed by atoms with E-state index >= 15 is 0 Å². The number of esters is 1. The van der Waals surface area contributed by atoms with Gasteiger partial charge in [-0.25, -0.2) is 0 Å². The van der Waals surface area contributed by atoms with E-state index in [-0.39, 0.29) is 25.0 Å². The average Bonchev–Trinajstić information content (AvgIpc) is 2.59. The largest absolute Gasteiger partial charge is 0.459 e. The van der Waals surface area contributed by atoms with Crippen molar-refractivity contribution in [1.29, 1.82) is 0 Å². The van der Waals surface area contributed by atoms with Gasteiger partial charge in [-0.2, -0.15) is 0 Å². The minimum absolute atomic E-state index is 0.232. The maximum absolute atomic E-state index is 12.2. The van der Waals surface area contributed by atoms with E-state index < -0.39 is 17.6 Å². The molecule has 0 saturated heterocycles. The fourth-order valence-electron chi connectivity index (χ4n) is 2.37. The predicted molar refractivity (Wildman–Crippen MR) is 102 cm³/mol. The van der Waals surface area contributed by atoms with Gasteiger partial charge in [0.05, 0.1) is 6.10 Å². The van der Waals surface area contributed by atoms with Gasteiger partial charge >= 0.3 is 5.97 Å². The molecule has 1 aromatic rings. The van der Waals surface area contributed by atoms with Crippen LogP contribution in [0.4, 0.5) is 0 Å². The Balaban J connectivity index is 2.58. The molecule has 0 heterocycles. The monoisotopic (exact) mass is 378 g/mol. The molecule has 0 radical (unpaired) electrons. The van der Waals surface area contributed by atoms with E-state index in [1.165, 1.54) is 0 Å². The van der Waals surface area contributed by atoms with Crippen LogP contribution in [0.15, 0.2) is 24.3 Å². The summed E-state index contributed by atoms with van der Waals surface area (Å²) >= 11 is 0. The van der Waals surface area contributed by atoms with Crippen molar-refractivity contribution >= 4 is 18.2 Å². The van der Waals surface area contributed by atoms with Crippen molar-refractivity contribution in [3.63, 3.8) is 0 Å². The number of rotatable bonds is 10. The normalized spacial score (nSPS) is 13.5. The fraction of sp³-hybridized carbons (Fsp3) is 0.550.